The second-order valence-corrected chi connectivity index (χ2v) is 16.3. The normalized spacial score (nSPS) is 12.8. The average Bonchev–Trinajstić information content (AvgIpc) is 3.51. The minimum atomic E-state index is -0.408. The molecular formula is C52H63N3O3. The van der Waals surface area contributed by atoms with Gasteiger partial charge in [-0.15, -0.1) is 0 Å². The number of nitro benzene ring substituents is 1. The quantitative estimate of drug-likeness (QED) is 0.0328. The van der Waals surface area contributed by atoms with E-state index in [0.29, 0.717) is 5.56 Å². The molecule has 0 fully saturated rings. The van der Waals surface area contributed by atoms with Gasteiger partial charge in [-0.05, 0) is 125 Å². The van der Waals surface area contributed by atoms with Crippen molar-refractivity contribution in [1.29, 1.82) is 0 Å². The second-order valence-electron chi connectivity index (χ2n) is 16.3. The molecule has 0 unspecified atom stereocenters. The van der Waals surface area contributed by atoms with Crippen LogP contribution in [0, 0.1) is 10.1 Å². The molecule has 0 spiro atoms. The van der Waals surface area contributed by atoms with Crippen LogP contribution in [0.4, 0.5) is 17.1 Å². The number of aromatic hydroxyl groups is 1. The summed E-state index contributed by atoms with van der Waals surface area (Å²) in [4.78, 5) is 18.2. The summed E-state index contributed by atoms with van der Waals surface area (Å²) >= 11 is 0. The molecule has 0 aromatic heterocycles. The average molecular weight is 778 g/mol. The summed E-state index contributed by atoms with van der Waals surface area (Å²) in [5, 5.41) is 22.2. The Kier molecular flexibility index (Phi) is 14.9. The number of hydrogen-bond donors (Lipinski definition) is 1. The monoisotopic (exact) mass is 777 g/mol. The molecule has 0 radical (unpaired) electrons. The van der Waals surface area contributed by atoms with Crippen LogP contribution >= 0.6 is 0 Å². The van der Waals surface area contributed by atoms with E-state index in [2.05, 4.69) is 93.3 Å². The van der Waals surface area contributed by atoms with Crippen molar-refractivity contribution in [1.82, 2.24) is 0 Å². The van der Waals surface area contributed by atoms with Crippen LogP contribution in [0.15, 0.2) is 108 Å². The molecule has 0 saturated carbocycles. The SMILES string of the molecule is CCCCCCC1(CCCCCC)c2cc(N=Cc3ccc(-c4ccc([N+](=O)[O-])cc4)cc3O)ccc2-c2ccc(-c3ccc(N(CCCC)CCCC)cc3)cc21. The zero-order chi connectivity index (χ0) is 40.9. The maximum absolute atomic E-state index is 11.1. The Hall–Kier alpha value is -5.23. The van der Waals surface area contributed by atoms with Crippen molar-refractivity contribution < 1.29 is 10.0 Å². The summed E-state index contributed by atoms with van der Waals surface area (Å²) in [6.45, 7) is 11.3. The Balaban J connectivity index is 1.34. The first-order valence-corrected chi connectivity index (χ1v) is 22.1. The number of unbranched alkanes of at least 4 members (excludes halogenated alkanes) is 8. The van der Waals surface area contributed by atoms with Gasteiger partial charge in [0.2, 0.25) is 0 Å². The van der Waals surface area contributed by atoms with E-state index in [4.69, 9.17) is 4.99 Å². The van der Waals surface area contributed by atoms with Crippen LogP contribution in [0.3, 0.4) is 0 Å². The molecule has 5 aromatic rings. The maximum Gasteiger partial charge on any atom is 0.269 e. The van der Waals surface area contributed by atoms with Gasteiger partial charge in [0.1, 0.15) is 5.75 Å². The lowest BCUT2D eigenvalue weighted by atomic mass is 9.70. The number of aliphatic imine (C=N–C) groups is 1. The summed E-state index contributed by atoms with van der Waals surface area (Å²) in [6, 6.07) is 35.1. The van der Waals surface area contributed by atoms with E-state index < -0.39 is 4.92 Å². The summed E-state index contributed by atoms with van der Waals surface area (Å²) in [6.07, 6.45) is 18.6. The minimum Gasteiger partial charge on any atom is -0.507 e. The highest BCUT2D eigenvalue weighted by atomic mass is 16.6. The number of phenols is 1. The molecule has 0 heterocycles. The molecule has 0 amide bonds. The van der Waals surface area contributed by atoms with E-state index in [1.807, 2.05) is 12.1 Å². The van der Waals surface area contributed by atoms with Crippen LogP contribution in [-0.2, 0) is 5.41 Å². The first kappa shape index (κ1) is 42.4. The predicted molar refractivity (Wildman–Crippen MR) is 245 cm³/mol. The Morgan fingerprint density at radius 2 is 1.12 bits per heavy atom. The second kappa shape index (κ2) is 20.5. The van der Waals surface area contributed by atoms with E-state index in [1.54, 1.807) is 24.4 Å². The number of nitrogens with zero attached hydrogens (tertiary/aromatic N) is 3. The van der Waals surface area contributed by atoms with Gasteiger partial charge >= 0.3 is 0 Å². The highest BCUT2D eigenvalue weighted by Gasteiger charge is 2.42. The number of non-ortho nitro benzene ring substituents is 1. The van der Waals surface area contributed by atoms with Crippen molar-refractivity contribution in [2.45, 2.75) is 123 Å². The maximum atomic E-state index is 11.1. The van der Waals surface area contributed by atoms with Crippen molar-refractivity contribution in [2.75, 3.05) is 18.0 Å². The van der Waals surface area contributed by atoms with Crippen molar-refractivity contribution in [3.05, 3.63) is 130 Å². The molecule has 6 heteroatoms. The number of hydrogen-bond acceptors (Lipinski definition) is 5. The third-order valence-electron chi connectivity index (χ3n) is 12.2. The molecule has 1 aliphatic rings. The number of phenolic OH excluding ortho intramolecular Hbond substituents is 1. The Morgan fingerprint density at radius 3 is 1.69 bits per heavy atom. The third kappa shape index (κ3) is 9.89. The predicted octanol–water partition coefficient (Wildman–Crippen LogP) is 15.0. The Bertz CT molecular complexity index is 2120. The molecule has 5 aromatic carbocycles. The summed E-state index contributed by atoms with van der Waals surface area (Å²) in [5.74, 6) is 0.115. The van der Waals surface area contributed by atoms with E-state index in [-0.39, 0.29) is 16.9 Å². The van der Waals surface area contributed by atoms with Gasteiger partial charge in [-0.3, -0.25) is 15.1 Å². The van der Waals surface area contributed by atoms with Crippen molar-refractivity contribution >= 4 is 23.3 Å². The molecule has 0 aliphatic heterocycles. The van der Waals surface area contributed by atoms with Gasteiger partial charge in [0.05, 0.1) is 10.6 Å². The summed E-state index contributed by atoms with van der Waals surface area (Å²) in [5.41, 5.74) is 12.4. The lowest BCUT2D eigenvalue weighted by molar-refractivity contribution is -0.384. The third-order valence-corrected chi connectivity index (χ3v) is 12.2. The Morgan fingerprint density at radius 1 is 0.603 bits per heavy atom. The number of anilines is 1. The van der Waals surface area contributed by atoms with Crippen molar-refractivity contribution in [3.8, 4) is 39.1 Å². The molecule has 1 aliphatic carbocycles. The molecule has 304 valence electrons. The van der Waals surface area contributed by atoms with Gasteiger partial charge < -0.3 is 10.0 Å². The fraction of sp³-hybridized carbons (Fsp3) is 0.404. The summed E-state index contributed by atoms with van der Waals surface area (Å²) < 4.78 is 0. The van der Waals surface area contributed by atoms with Gasteiger partial charge in [0.15, 0.2) is 0 Å². The van der Waals surface area contributed by atoms with Gasteiger partial charge in [-0.25, -0.2) is 0 Å². The van der Waals surface area contributed by atoms with Gasteiger partial charge in [0.25, 0.3) is 5.69 Å². The molecule has 0 bridgehead atoms. The number of rotatable bonds is 22. The standard InChI is InChI=1S/C52H63N3O3/c1-5-9-13-15-31-52(32-16-14-10-6-2)49-35-41(39-19-25-45(26-20-39)54(33-11-7-3)34-12-8-4)23-29-47(49)48-30-24-44(37-50(48)52)53-38-43-18-17-42(36-51(43)56)40-21-27-46(28-22-40)55(57)58/h17-30,35-38,56H,5-16,31-34H2,1-4H3. The van der Waals surface area contributed by atoms with Crippen LogP contribution in [-0.4, -0.2) is 29.3 Å². The van der Waals surface area contributed by atoms with Crippen LogP contribution in [0.25, 0.3) is 33.4 Å². The molecule has 0 atom stereocenters. The van der Waals surface area contributed by atoms with Gasteiger partial charge in [-0.1, -0.05) is 128 Å². The molecular weight excluding hydrogens is 715 g/mol. The fourth-order valence-electron chi connectivity index (χ4n) is 8.80. The fourth-order valence-corrected chi connectivity index (χ4v) is 8.80. The van der Waals surface area contributed by atoms with Crippen LogP contribution < -0.4 is 4.90 Å². The summed E-state index contributed by atoms with van der Waals surface area (Å²) in [7, 11) is 0. The topological polar surface area (TPSA) is 79.0 Å². The highest BCUT2D eigenvalue weighted by Crippen LogP contribution is 2.56. The van der Waals surface area contributed by atoms with Crippen LogP contribution in [0.5, 0.6) is 5.75 Å². The minimum absolute atomic E-state index is 0.0395. The zero-order valence-corrected chi connectivity index (χ0v) is 35.3. The van der Waals surface area contributed by atoms with E-state index in [1.165, 1.54) is 128 Å². The number of nitro groups is 1. The number of fused-ring (bicyclic) bond motifs is 3. The largest absolute Gasteiger partial charge is 0.507 e. The molecule has 6 rings (SSSR count). The molecule has 1 N–H and O–H groups in total. The lowest BCUT2D eigenvalue weighted by Crippen LogP contribution is -2.25. The zero-order valence-electron chi connectivity index (χ0n) is 35.3. The Labute approximate surface area is 347 Å². The van der Waals surface area contributed by atoms with Crippen molar-refractivity contribution in [2.24, 2.45) is 4.99 Å². The van der Waals surface area contributed by atoms with E-state index in [0.717, 1.165) is 42.7 Å². The van der Waals surface area contributed by atoms with Gasteiger partial charge in [0, 0.05) is 48.1 Å². The number of benzene rings is 5. The molecule has 58 heavy (non-hydrogen) atoms. The highest BCUT2D eigenvalue weighted by molar-refractivity contribution is 5.89. The van der Waals surface area contributed by atoms with Crippen LogP contribution in [0.1, 0.15) is 134 Å². The first-order chi connectivity index (χ1) is 28.3. The first-order valence-electron chi connectivity index (χ1n) is 22.1. The van der Waals surface area contributed by atoms with Gasteiger partial charge in [-0.2, -0.15) is 0 Å². The van der Waals surface area contributed by atoms with Crippen molar-refractivity contribution in [3.63, 3.8) is 0 Å². The lowest BCUT2D eigenvalue weighted by Gasteiger charge is -2.33. The van der Waals surface area contributed by atoms with E-state index >= 15 is 0 Å². The molecule has 0 saturated heterocycles. The van der Waals surface area contributed by atoms with E-state index in [9.17, 15) is 15.2 Å². The molecule has 6 nitrogen and oxygen atoms in total. The van der Waals surface area contributed by atoms with Crippen LogP contribution in [0.2, 0.25) is 0 Å². The smallest absolute Gasteiger partial charge is 0.269 e.